The number of nitrogens with one attached hydrogen (secondary N) is 1. The van der Waals surface area contributed by atoms with E-state index in [0.717, 1.165) is 37.9 Å². The summed E-state index contributed by atoms with van der Waals surface area (Å²) >= 11 is 0. The average Bonchev–Trinajstić information content (AvgIpc) is 3.55. The van der Waals surface area contributed by atoms with Crippen molar-refractivity contribution in [2.24, 2.45) is 5.41 Å². The van der Waals surface area contributed by atoms with Crippen LogP contribution in [-0.2, 0) is 22.4 Å². The number of aromatic amines is 1. The van der Waals surface area contributed by atoms with Crippen molar-refractivity contribution in [1.82, 2.24) is 30.0 Å². The number of pyridine rings is 1. The lowest BCUT2D eigenvalue weighted by Crippen LogP contribution is -2.39. The van der Waals surface area contributed by atoms with Crippen molar-refractivity contribution in [3.63, 3.8) is 0 Å². The van der Waals surface area contributed by atoms with Gasteiger partial charge in [0, 0.05) is 44.1 Å². The van der Waals surface area contributed by atoms with E-state index in [0.29, 0.717) is 24.7 Å². The van der Waals surface area contributed by atoms with Gasteiger partial charge >= 0.3 is 0 Å². The van der Waals surface area contributed by atoms with Crippen molar-refractivity contribution >= 4 is 11.8 Å². The highest BCUT2D eigenvalue weighted by atomic mass is 16.2. The molecule has 3 aromatic rings. The van der Waals surface area contributed by atoms with Gasteiger partial charge in [0.25, 0.3) is 0 Å². The number of H-pyrrole nitrogens is 1. The molecule has 32 heavy (non-hydrogen) atoms. The van der Waals surface area contributed by atoms with Crippen molar-refractivity contribution in [3.8, 4) is 11.4 Å². The summed E-state index contributed by atoms with van der Waals surface area (Å²) in [6.45, 7) is 2.61. The molecule has 2 aromatic heterocycles. The van der Waals surface area contributed by atoms with E-state index in [1.54, 1.807) is 12.4 Å². The van der Waals surface area contributed by atoms with Gasteiger partial charge in [-0.15, -0.1) is 0 Å². The summed E-state index contributed by atoms with van der Waals surface area (Å²) in [5.41, 5.74) is 1.67. The maximum Gasteiger partial charge on any atom is 0.230 e. The van der Waals surface area contributed by atoms with Crippen LogP contribution in [0, 0.1) is 5.41 Å². The van der Waals surface area contributed by atoms with Crippen LogP contribution in [0.25, 0.3) is 11.4 Å². The highest BCUT2D eigenvalue weighted by molar-refractivity contribution is 5.87. The van der Waals surface area contributed by atoms with Crippen molar-refractivity contribution in [2.75, 3.05) is 26.2 Å². The highest BCUT2D eigenvalue weighted by Gasteiger charge is 2.51. The first kappa shape index (κ1) is 20.4. The topological polar surface area (TPSA) is 95.1 Å². The van der Waals surface area contributed by atoms with Crippen LogP contribution < -0.4 is 0 Å². The number of aromatic nitrogens is 4. The molecule has 2 aliphatic rings. The molecule has 1 spiro atoms. The number of nitrogens with zero attached hydrogens (tertiary/aromatic N) is 5. The normalized spacial score (nSPS) is 20.4. The summed E-state index contributed by atoms with van der Waals surface area (Å²) in [5, 5.41) is 7.07. The Morgan fingerprint density at radius 1 is 1.06 bits per heavy atom. The van der Waals surface area contributed by atoms with Crippen LogP contribution in [0.5, 0.6) is 0 Å². The predicted molar refractivity (Wildman–Crippen MR) is 118 cm³/mol. The number of rotatable bonds is 6. The molecule has 2 fully saturated rings. The summed E-state index contributed by atoms with van der Waals surface area (Å²) < 4.78 is 0. The maximum absolute atomic E-state index is 13.2. The SMILES string of the molecule is O=C(Cc1nc(-c2ccncc2)n[nH]1)N1CCC2(CCN(CCc3ccccc3)C2=O)C1. The van der Waals surface area contributed by atoms with E-state index >= 15 is 0 Å². The second kappa shape index (κ2) is 8.53. The molecule has 5 rings (SSSR count). The third kappa shape index (κ3) is 4.00. The zero-order chi connectivity index (χ0) is 22.0. The minimum atomic E-state index is -0.421. The van der Waals surface area contributed by atoms with Gasteiger partial charge in [0.2, 0.25) is 11.8 Å². The average molecular weight is 431 g/mol. The summed E-state index contributed by atoms with van der Waals surface area (Å²) in [6, 6.07) is 13.9. The molecule has 2 amide bonds. The Morgan fingerprint density at radius 2 is 1.84 bits per heavy atom. The van der Waals surface area contributed by atoms with Gasteiger partial charge in [-0.05, 0) is 37.0 Å². The van der Waals surface area contributed by atoms with Crippen LogP contribution in [0.3, 0.4) is 0 Å². The van der Waals surface area contributed by atoms with Crippen LogP contribution in [-0.4, -0.2) is 68.0 Å². The molecule has 1 aromatic carbocycles. The molecule has 0 bridgehead atoms. The maximum atomic E-state index is 13.2. The number of carbonyl (C=O) groups is 2. The molecular formula is C24H26N6O2. The molecule has 164 valence electrons. The van der Waals surface area contributed by atoms with Crippen LogP contribution in [0.2, 0.25) is 0 Å². The van der Waals surface area contributed by atoms with Gasteiger partial charge < -0.3 is 9.80 Å². The van der Waals surface area contributed by atoms with E-state index in [-0.39, 0.29) is 18.2 Å². The fourth-order valence-electron chi connectivity index (χ4n) is 4.74. The Kier molecular flexibility index (Phi) is 5.43. The molecular weight excluding hydrogens is 404 g/mol. The summed E-state index contributed by atoms with van der Waals surface area (Å²) in [6.07, 6.45) is 5.93. The van der Waals surface area contributed by atoms with Gasteiger partial charge in [-0.1, -0.05) is 30.3 Å². The summed E-state index contributed by atoms with van der Waals surface area (Å²) in [4.78, 5) is 38.3. The third-order valence-electron chi connectivity index (χ3n) is 6.61. The fraction of sp³-hybridized carbons (Fsp3) is 0.375. The monoisotopic (exact) mass is 430 g/mol. The number of hydrogen-bond donors (Lipinski definition) is 1. The lowest BCUT2D eigenvalue weighted by molar-refractivity contribution is -0.136. The quantitative estimate of drug-likeness (QED) is 0.646. The molecule has 1 N–H and O–H groups in total. The Balaban J connectivity index is 1.18. The summed E-state index contributed by atoms with van der Waals surface area (Å²) in [7, 11) is 0. The second-order valence-electron chi connectivity index (χ2n) is 8.64. The molecule has 0 saturated carbocycles. The zero-order valence-corrected chi connectivity index (χ0v) is 17.9. The fourth-order valence-corrected chi connectivity index (χ4v) is 4.74. The largest absolute Gasteiger partial charge is 0.342 e. The van der Waals surface area contributed by atoms with Crippen molar-refractivity contribution in [1.29, 1.82) is 0 Å². The van der Waals surface area contributed by atoms with Crippen molar-refractivity contribution in [2.45, 2.75) is 25.7 Å². The Morgan fingerprint density at radius 3 is 2.66 bits per heavy atom. The van der Waals surface area contributed by atoms with E-state index < -0.39 is 5.41 Å². The molecule has 2 saturated heterocycles. The molecule has 8 heteroatoms. The number of hydrogen-bond acceptors (Lipinski definition) is 5. The molecule has 4 heterocycles. The molecule has 2 aliphatic heterocycles. The number of likely N-dealkylation sites (tertiary alicyclic amines) is 2. The van der Waals surface area contributed by atoms with Crippen LogP contribution in [0.1, 0.15) is 24.2 Å². The molecule has 0 radical (unpaired) electrons. The smallest absolute Gasteiger partial charge is 0.230 e. The second-order valence-corrected chi connectivity index (χ2v) is 8.64. The number of amides is 2. The Bertz CT molecular complexity index is 1100. The first-order valence-corrected chi connectivity index (χ1v) is 11.1. The molecule has 8 nitrogen and oxygen atoms in total. The molecule has 1 unspecified atom stereocenters. The minimum Gasteiger partial charge on any atom is -0.342 e. The third-order valence-corrected chi connectivity index (χ3v) is 6.61. The van der Waals surface area contributed by atoms with E-state index in [1.807, 2.05) is 40.1 Å². The Hall–Kier alpha value is -3.55. The number of benzene rings is 1. The predicted octanol–water partition coefficient (Wildman–Crippen LogP) is 2.10. The van der Waals surface area contributed by atoms with Gasteiger partial charge in [0.1, 0.15) is 5.82 Å². The van der Waals surface area contributed by atoms with Crippen molar-refractivity contribution in [3.05, 3.63) is 66.2 Å². The van der Waals surface area contributed by atoms with E-state index in [9.17, 15) is 9.59 Å². The number of carbonyl (C=O) groups excluding carboxylic acids is 2. The summed E-state index contributed by atoms with van der Waals surface area (Å²) in [5.74, 6) is 1.26. The van der Waals surface area contributed by atoms with E-state index in [1.165, 1.54) is 5.56 Å². The first-order valence-electron chi connectivity index (χ1n) is 11.1. The van der Waals surface area contributed by atoms with Gasteiger partial charge in [0.15, 0.2) is 5.82 Å². The van der Waals surface area contributed by atoms with Gasteiger partial charge in [-0.3, -0.25) is 19.7 Å². The molecule has 0 aliphatic carbocycles. The first-order chi connectivity index (χ1) is 15.6. The standard InChI is InChI=1S/C24H26N6O2/c31-21(16-20-26-22(28-27-20)19-6-11-25-12-7-19)30-15-10-24(17-30)9-14-29(23(24)32)13-8-18-4-2-1-3-5-18/h1-7,11-12H,8-10,13-17H2,(H,26,27,28). The van der Waals surface area contributed by atoms with Crippen LogP contribution in [0.15, 0.2) is 54.9 Å². The van der Waals surface area contributed by atoms with Crippen LogP contribution in [0.4, 0.5) is 0 Å². The van der Waals surface area contributed by atoms with E-state index in [2.05, 4.69) is 32.3 Å². The molecule has 1 atom stereocenters. The lowest BCUT2D eigenvalue weighted by Gasteiger charge is -2.23. The van der Waals surface area contributed by atoms with Gasteiger partial charge in [-0.25, -0.2) is 4.98 Å². The zero-order valence-electron chi connectivity index (χ0n) is 17.9. The minimum absolute atomic E-state index is 0.0187. The Labute approximate surface area is 186 Å². The van der Waals surface area contributed by atoms with Crippen molar-refractivity contribution < 1.29 is 9.59 Å². The van der Waals surface area contributed by atoms with Crippen LogP contribution >= 0.6 is 0 Å². The van der Waals surface area contributed by atoms with E-state index in [4.69, 9.17) is 0 Å². The van der Waals surface area contributed by atoms with Gasteiger partial charge in [0.05, 0.1) is 11.8 Å². The van der Waals surface area contributed by atoms with Gasteiger partial charge in [-0.2, -0.15) is 5.10 Å². The lowest BCUT2D eigenvalue weighted by atomic mass is 9.85. The highest BCUT2D eigenvalue weighted by Crippen LogP contribution is 2.40.